The number of nitrogens with one attached hydrogen (secondary N) is 1. The van der Waals surface area contributed by atoms with Gasteiger partial charge in [-0.05, 0) is 5.92 Å². The van der Waals surface area contributed by atoms with Crippen LogP contribution >= 0.6 is 0 Å². The molecule has 1 amide bonds. The first-order chi connectivity index (χ1) is 3.81. The van der Waals surface area contributed by atoms with Crippen LogP contribution in [-0.2, 0) is 4.79 Å². The molecule has 2 nitrogen and oxygen atoms in total. The van der Waals surface area contributed by atoms with Gasteiger partial charge in [0, 0.05) is 6.42 Å². The molecule has 0 fully saturated rings. The quantitative estimate of drug-likeness (QED) is 0.349. The van der Waals surface area contributed by atoms with Crippen molar-refractivity contribution in [1.29, 1.82) is 0 Å². The van der Waals surface area contributed by atoms with Crippen molar-refractivity contribution in [2.45, 2.75) is 13.3 Å². The van der Waals surface area contributed by atoms with Gasteiger partial charge in [-0.2, -0.15) is 0 Å². The fourth-order valence-electron chi connectivity index (χ4n) is 0.205. The molecule has 1 N–H and O–H groups in total. The van der Waals surface area contributed by atoms with E-state index in [4.69, 9.17) is 7.05 Å². The molecule has 0 aliphatic carbocycles. The third-order valence-corrected chi connectivity index (χ3v) is 0.510. The van der Waals surface area contributed by atoms with Crippen molar-refractivity contribution in [2.24, 2.45) is 0 Å². The monoisotopic (exact) mass is 109 g/mol. The van der Waals surface area contributed by atoms with Gasteiger partial charge in [-0.1, -0.05) is 12.8 Å². The maximum atomic E-state index is 10.2. The van der Waals surface area contributed by atoms with Crippen molar-refractivity contribution in [1.82, 2.24) is 5.32 Å². The van der Waals surface area contributed by atoms with Crippen molar-refractivity contribution in [3.8, 4) is 11.8 Å². The summed E-state index contributed by atoms with van der Waals surface area (Å²) in [5, 5.41) is 1.89. The van der Waals surface area contributed by atoms with Crippen LogP contribution in [0.4, 0.5) is 0 Å². The van der Waals surface area contributed by atoms with Gasteiger partial charge in [0.1, 0.15) is 0 Å². The highest BCUT2D eigenvalue weighted by Gasteiger charge is 1.82. The third-order valence-electron chi connectivity index (χ3n) is 0.510. The largest absolute Gasteiger partial charge is 0.338 e. The summed E-state index contributed by atoms with van der Waals surface area (Å²) in [6, 6.07) is 0. The predicted octanol–water partition coefficient (Wildman–Crippen LogP) is 0.185. The highest BCUT2D eigenvalue weighted by atomic mass is 16.1. The zero-order valence-corrected chi connectivity index (χ0v) is 4.69. The van der Waals surface area contributed by atoms with E-state index in [1.807, 2.05) is 12.2 Å². The Morgan fingerprint density at radius 2 is 2.50 bits per heavy atom. The lowest BCUT2D eigenvalue weighted by atomic mass is 10.4. The van der Waals surface area contributed by atoms with E-state index >= 15 is 0 Å². The third kappa shape index (κ3) is 3.23. The number of hydrogen-bond donors (Lipinski definition) is 1. The maximum absolute atomic E-state index is 10.2. The number of carbonyl (C=O) groups is 1. The molecule has 0 bridgehead atoms. The SMILES string of the molecule is [CH]NC(=O)C#CCC. The zero-order valence-electron chi connectivity index (χ0n) is 4.69. The van der Waals surface area contributed by atoms with Gasteiger partial charge >= 0.3 is 0 Å². The van der Waals surface area contributed by atoms with Crippen LogP contribution in [-0.4, -0.2) is 5.91 Å². The molecule has 0 rings (SSSR count). The first-order valence-electron chi connectivity index (χ1n) is 2.30. The van der Waals surface area contributed by atoms with Crippen LogP contribution in [0.15, 0.2) is 0 Å². The van der Waals surface area contributed by atoms with Crippen molar-refractivity contribution in [3.63, 3.8) is 0 Å². The lowest BCUT2D eigenvalue weighted by Gasteiger charge is -1.80. The average molecular weight is 109 g/mol. The molecule has 0 aromatic carbocycles. The zero-order chi connectivity index (χ0) is 6.41. The highest BCUT2D eigenvalue weighted by Crippen LogP contribution is 1.66. The van der Waals surface area contributed by atoms with Gasteiger partial charge in [0.25, 0.3) is 5.91 Å². The molecule has 42 valence electrons. The lowest BCUT2D eigenvalue weighted by Crippen LogP contribution is -2.11. The highest BCUT2D eigenvalue weighted by molar-refractivity contribution is 5.93. The Morgan fingerprint density at radius 3 is 2.88 bits per heavy atom. The minimum atomic E-state index is -0.438. The molecule has 0 aromatic rings. The maximum Gasteiger partial charge on any atom is 0.296 e. The summed E-state index contributed by atoms with van der Waals surface area (Å²) in [5.74, 6) is 4.38. The molecule has 0 aliphatic rings. The Labute approximate surface area is 49.3 Å². The lowest BCUT2D eigenvalue weighted by molar-refractivity contribution is -0.114. The fourth-order valence-corrected chi connectivity index (χ4v) is 0.205. The van der Waals surface area contributed by atoms with E-state index in [0.717, 1.165) is 0 Å². The van der Waals surface area contributed by atoms with Crippen LogP contribution in [0, 0.1) is 18.9 Å². The van der Waals surface area contributed by atoms with Crippen molar-refractivity contribution >= 4 is 5.91 Å². The average Bonchev–Trinajstić information content (AvgIpc) is 1.83. The Morgan fingerprint density at radius 1 is 1.88 bits per heavy atom. The molecule has 0 spiro atoms. The van der Waals surface area contributed by atoms with E-state index in [0.29, 0.717) is 6.42 Å². The van der Waals surface area contributed by atoms with Gasteiger partial charge in [0.15, 0.2) is 0 Å². The van der Waals surface area contributed by atoms with Crippen molar-refractivity contribution in [2.75, 3.05) is 0 Å². The van der Waals surface area contributed by atoms with Crippen LogP contribution < -0.4 is 5.32 Å². The fraction of sp³-hybridized carbons (Fsp3) is 0.333. The van der Waals surface area contributed by atoms with Gasteiger partial charge in [0.05, 0.1) is 7.05 Å². The van der Waals surface area contributed by atoms with E-state index < -0.39 is 5.91 Å². The van der Waals surface area contributed by atoms with Crippen LogP contribution in [0.5, 0.6) is 0 Å². The summed E-state index contributed by atoms with van der Waals surface area (Å²) in [6.45, 7) is 1.86. The molecule has 0 saturated heterocycles. The molecule has 2 radical (unpaired) electrons. The van der Waals surface area contributed by atoms with Gasteiger partial charge in [-0.3, -0.25) is 4.79 Å². The minimum Gasteiger partial charge on any atom is -0.338 e. The summed E-state index contributed by atoms with van der Waals surface area (Å²) in [6.07, 6.45) is 0.674. The molecule has 0 atom stereocenters. The molecule has 0 unspecified atom stereocenters. The second-order valence-corrected chi connectivity index (χ2v) is 1.13. The molecular weight excluding hydrogens is 102 g/mol. The van der Waals surface area contributed by atoms with E-state index in [2.05, 4.69) is 11.8 Å². The second kappa shape index (κ2) is 4.20. The summed E-state index contributed by atoms with van der Waals surface area (Å²) in [4.78, 5) is 10.2. The van der Waals surface area contributed by atoms with Crippen LogP contribution in [0.2, 0.25) is 0 Å². The summed E-state index contributed by atoms with van der Waals surface area (Å²) >= 11 is 0. The minimum absolute atomic E-state index is 0.438. The van der Waals surface area contributed by atoms with E-state index in [1.54, 1.807) is 0 Å². The summed E-state index contributed by atoms with van der Waals surface area (Å²) in [7, 11) is 4.71. The number of carbonyl (C=O) groups excluding carboxylic acids is 1. The first-order valence-corrected chi connectivity index (χ1v) is 2.30. The van der Waals surface area contributed by atoms with Gasteiger partial charge in [-0.25, -0.2) is 0 Å². The smallest absolute Gasteiger partial charge is 0.296 e. The summed E-state index contributed by atoms with van der Waals surface area (Å²) < 4.78 is 0. The van der Waals surface area contributed by atoms with E-state index in [1.165, 1.54) is 0 Å². The standard InChI is InChI=1S/C6H7NO/c1-3-4-5-6(8)7-2/h2H,3H2,1H3,(H,7,8). The number of amides is 1. The van der Waals surface area contributed by atoms with Gasteiger partial charge in [0.2, 0.25) is 0 Å². The first kappa shape index (κ1) is 7.03. The molecule has 0 aliphatic heterocycles. The Balaban J connectivity index is 3.52. The molecular formula is C6H7NO. The number of hydrogen-bond acceptors (Lipinski definition) is 1. The molecule has 0 aromatic heterocycles. The molecule has 0 saturated carbocycles. The van der Waals surface area contributed by atoms with Gasteiger partial charge in [-0.15, -0.1) is 0 Å². The molecule has 2 heteroatoms. The number of rotatable bonds is 0. The summed E-state index contributed by atoms with van der Waals surface area (Å²) in [5.41, 5.74) is 0. The molecule has 8 heavy (non-hydrogen) atoms. The van der Waals surface area contributed by atoms with E-state index in [9.17, 15) is 4.79 Å². The van der Waals surface area contributed by atoms with Crippen LogP contribution in [0.25, 0.3) is 0 Å². The predicted molar refractivity (Wildman–Crippen MR) is 30.5 cm³/mol. The second-order valence-electron chi connectivity index (χ2n) is 1.13. The van der Waals surface area contributed by atoms with Crippen LogP contribution in [0.1, 0.15) is 13.3 Å². The topological polar surface area (TPSA) is 29.1 Å². The van der Waals surface area contributed by atoms with Crippen LogP contribution in [0.3, 0.4) is 0 Å². The Kier molecular flexibility index (Phi) is 3.69. The molecule has 0 heterocycles. The van der Waals surface area contributed by atoms with Crippen molar-refractivity contribution < 1.29 is 4.79 Å². The normalized spacial score (nSPS) is 6.75. The Hall–Kier alpha value is -0.970. The van der Waals surface area contributed by atoms with Crippen molar-refractivity contribution in [3.05, 3.63) is 7.05 Å². The van der Waals surface area contributed by atoms with Gasteiger partial charge < -0.3 is 5.32 Å². The van der Waals surface area contributed by atoms with E-state index in [-0.39, 0.29) is 0 Å². The Bertz CT molecular complexity index is 129.